The number of hydrogen-bond donors (Lipinski definition) is 2. The monoisotopic (exact) mass is 434 g/mol. The zero-order valence-electron chi connectivity index (χ0n) is 16.1. The van der Waals surface area contributed by atoms with Gasteiger partial charge >= 0.3 is 5.97 Å². The fourth-order valence-electron chi connectivity index (χ4n) is 5.12. The molecule has 0 amide bonds. The molecule has 6 rings (SSSR count). The Bertz CT molecular complexity index is 922. The minimum Gasteiger partial charge on any atom is -0.481 e. The van der Waals surface area contributed by atoms with Crippen molar-refractivity contribution in [2.45, 2.75) is 57.3 Å². The summed E-state index contributed by atoms with van der Waals surface area (Å²) in [5, 5.41) is 18.7. The first-order chi connectivity index (χ1) is 13.9. The molecular formula is C22H24Cl2N2O3. The van der Waals surface area contributed by atoms with Crippen molar-refractivity contribution in [2.75, 3.05) is 11.9 Å². The Kier molecular flexibility index (Phi) is 4.59. The van der Waals surface area contributed by atoms with Gasteiger partial charge in [-0.2, -0.15) is 0 Å². The van der Waals surface area contributed by atoms with E-state index in [1.807, 2.05) is 18.2 Å². The summed E-state index contributed by atoms with van der Waals surface area (Å²) in [6.07, 6.45) is 7.35. The van der Waals surface area contributed by atoms with Crippen LogP contribution in [-0.4, -0.2) is 22.8 Å². The Balaban J connectivity index is 1.42. The second kappa shape index (κ2) is 6.92. The summed E-state index contributed by atoms with van der Waals surface area (Å²) in [6.45, 7) is 0.790. The third-order valence-corrected chi connectivity index (χ3v) is 7.99. The van der Waals surface area contributed by atoms with E-state index >= 15 is 0 Å². The van der Waals surface area contributed by atoms with Crippen molar-refractivity contribution in [3.05, 3.63) is 34.0 Å². The first kappa shape index (κ1) is 19.3. The third kappa shape index (κ3) is 3.23. The SMILES string of the molecule is O=C(O)C12CCC(CNc3c(-c4c(Cl)cccc4Cl)noc3C3CC3)(CC1)CC2. The molecule has 4 saturated carbocycles. The van der Waals surface area contributed by atoms with Crippen molar-refractivity contribution < 1.29 is 14.4 Å². The highest BCUT2D eigenvalue weighted by atomic mass is 35.5. The van der Waals surface area contributed by atoms with Crippen molar-refractivity contribution in [3.8, 4) is 11.3 Å². The Morgan fingerprint density at radius 3 is 2.31 bits per heavy atom. The van der Waals surface area contributed by atoms with E-state index in [1.54, 1.807) is 0 Å². The number of rotatable bonds is 6. The lowest BCUT2D eigenvalue weighted by Gasteiger charge is -2.51. The molecule has 0 unspecified atom stereocenters. The number of aromatic nitrogens is 1. The van der Waals surface area contributed by atoms with Crippen LogP contribution in [0.4, 0.5) is 5.69 Å². The van der Waals surface area contributed by atoms with Crippen molar-refractivity contribution >= 4 is 34.9 Å². The molecule has 4 fully saturated rings. The van der Waals surface area contributed by atoms with Gasteiger partial charge in [-0.1, -0.05) is 34.4 Å². The molecule has 154 valence electrons. The van der Waals surface area contributed by atoms with Crippen LogP contribution < -0.4 is 5.32 Å². The Morgan fingerprint density at radius 2 is 1.76 bits per heavy atom. The number of halogens is 2. The number of aliphatic carboxylic acids is 1. The number of benzene rings is 1. The van der Waals surface area contributed by atoms with Gasteiger partial charge in [-0.05, 0) is 68.9 Å². The maximum absolute atomic E-state index is 11.7. The van der Waals surface area contributed by atoms with Gasteiger partial charge in [0.1, 0.15) is 11.4 Å². The van der Waals surface area contributed by atoms with Crippen molar-refractivity contribution in [1.82, 2.24) is 5.16 Å². The number of carboxylic acid groups (broad SMARTS) is 1. The number of anilines is 1. The van der Waals surface area contributed by atoms with Crippen molar-refractivity contribution in [1.29, 1.82) is 0 Å². The minimum atomic E-state index is -0.621. The molecule has 1 heterocycles. The van der Waals surface area contributed by atoms with E-state index in [0.717, 1.165) is 69.4 Å². The number of hydrogen-bond acceptors (Lipinski definition) is 4. The number of nitrogens with one attached hydrogen (secondary N) is 1. The van der Waals surface area contributed by atoms with Crippen LogP contribution in [0.3, 0.4) is 0 Å². The minimum absolute atomic E-state index is 0.136. The van der Waals surface area contributed by atoms with E-state index < -0.39 is 11.4 Å². The molecule has 2 aromatic rings. The standard InChI is InChI=1S/C22H24Cl2N2O3/c23-14-2-1-3-15(24)16(14)17-18(19(29-26-17)13-4-5-13)25-12-21-6-9-22(10-7-21,11-8-21)20(27)28/h1-3,13,25H,4-12H2,(H,27,28). The molecule has 0 spiro atoms. The van der Waals surface area contributed by atoms with Crippen LogP contribution in [0, 0.1) is 10.8 Å². The molecule has 0 saturated heterocycles. The van der Waals surface area contributed by atoms with Crippen LogP contribution in [0.15, 0.2) is 22.7 Å². The lowest BCUT2D eigenvalue weighted by atomic mass is 9.53. The lowest BCUT2D eigenvalue weighted by Crippen LogP contribution is -2.48. The average molecular weight is 435 g/mol. The summed E-state index contributed by atoms with van der Waals surface area (Å²) in [5.74, 6) is 0.665. The van der Waals surface area contributed by atoms with Gasteiger partial charge in [0, 0.05) is 18.0 Å². The molecule has 0 atom stereocenters. The highest BCUT2D eigenvalue weighted by molar-refractivity contribution is 6.39. The highest BCUT2D eigenvalue weighted by Gasteiger charge is 2.52. The first-order valence-corrected chi connectivity index (χ1v) is 11.1. The molecule has 1 aromatic carbocycles. The maximum Gasteiger partial charge on any atom is 0.309 e. The number of carbonyl (C=O) groups is 1. The summed E-state index contributed by atoms with van der Waals surface area (Å²) in [5.41, 5.74) is 1.91. The maximum atomic E-state index is 11.7. The zero-order valence-corrected chi connectivity index (χ0v) is 17.7. The fourth-order valence-corrected chi connectivity index (χ4v) is 5.69. The van der Waals surface area contributed by atoms with Gasteiger partial charge in [-0.3, -0.25) is 4.79 Å². The predicted octanol–water partition coefficient (Wildman–Crippen LogP) is 6.36. The molecule has 2 N–H and O–H groups in total. The van der Waals surface area contributed by atoms with Gasteiger partial charge in [0.15, 0.2) is 5.76 Å². The van der Waals surface area contributed by atoms with E-state index in [4.69, 9.17) is 27.7 Å². The van der Waals surface area contributed by atoms with Crippen LogP contribution in [-0.2, 0) is 4.79 Å². The summed E-state index contributed by atoms with van der Waals surface area (Å²) in [6, 6.07) is 5.44. The molecule has 5 nitrogen and oxygen atoms in total. The fraction of sp³-hybridized carbons (Fsp3) is 0.545. The van der Waals surface area contributed by atoms with Gasteiger partial charge < -0.3 is 14.9 Å². The summed E-state index contributed by atoms with van der Waals surface area (Å²) in [4.78, 5) is 11.7. The van der Waals surface area contributed by atoms with Gasteiger partial charge in [-0.15, -0.1) is 0 Å². The van der Waals surface area contributed by atoms with Crippen LogP contribution in [0.25, 0.3) is 11.3 Å². The Morgan fingerprint density at radius 1 is 1.14 bits per heavy atom. The summed E-state index contributed by atoms with van der Waals surface area (Å²) < 4.78 is 5.74. The van der Waals surface area contributed by atoms with Gasteiger partial charge in [0.2, 0.25) is 0 Å². The predicted molar refractivity (Wildman–Crippen MR) is 113 cm³/mol. The first-order valence-electron chi connectivity index (χ1n) is 10.3. The number of fused-ring (bicyclic) bond motifs is 3. The Labute approximate surface area is 179 Å². The van der Waals surface area contributed by atoms with E-state index in [2.05, 4.69) is 10.5 Å². The number of nitrogens with zero attached hydrogens (tertiary/aromatic N) is 1. The molecule has 29 heavy (non-hydrogen) atoms. The van der Waals surface area contributed by atoms with E-state index in [1.165, 1.54) is 0 Å². The second-order valence-electron chi connectivity index (χ2n) is 9.08. The van der Waals surface area contributed by atoms with Crippen molar-refractivity contribution in [2.24, 2.45) is 10.8 Å². The van der Waals surface area contributed by atoms with Gasteiger partial charge in [-0.25, -0.2) is 0 Å². The molecular weight excluding hydrogens is 411 g/mol. The quantitative estimate of drug-likeness (QED) is 0.552. The topological polar surface area (TPSA) is 75.4 Å². The average Bonchev–Trinajstić information content (AvgIpc) is 3.48. The largest absolute Gasteiger partial charge is 0.481 e. The normalized spacial score (nSPS) is 28.5. The molecule has 2 bridgehead atoms. The van der Waals surface area contributed by atoms with E-state index in [-0.39, 0.29) is 5.41 Å². The summed E-state index contributed by atoms with van der Waals surface area (Å²) >= 11 is 12.9. The van der Waals surface area contributed by atoms with Crippen LogP contribution in [0.5, 0.6) is 0 Å². The van der Waals surface area contributed by atoms with Crippen molar-refractivity contribution in [3.63, 3.8) is 0 Å². The molecule has 4 aliphatic rings. The third-order valence-electron chi connectivity index (χ3n) is 7.36. The smallest absolute Gasteiger partial charge is 0.309 e. The van der Waals surface area contributed by atoms with E-state index in [9.17, 15) is 9.90 Å². The van der Waals surface area contributed by atoms with Crippen LogP contribution >= 0.6 is 23.2 Å². The highest BCUT2D eigenvalue weighted by Crippen LogP contribution is 2.57. The van der Waals surface area contributed by atoms with Crippen LogP contribution in [0.2, 0.25) is 10.0 Å². The molecule has 4 aliphatic carbocycles. The lowest BCUT2D eigenvalue weighted by molar-refractivity contribution is -0.158. The van der Waals surface area contributed by atoms with E-state index in [0.29, 0.717) is 27.2 Å². The van der Waals surface area contributed by atoms with Gasteiger partial charge in [0.25, 0.3) is 0 Å². The Hall–Kier alpha value is -1.72. The van der Waals surface area contributed by atoms with Gasteiger partial charge in [0.05, 0.1) is 15.5 Å². The number of carboxylic acids is 1. The molecule has 7 heteroatoms. The second-order valence-corrected chi connectivity index (χ2v) is 9.89. The summed E-state index contributed by atoms with van der Waals surface area (Å²) in [7, 11) is 0. The molecule has 1 aromatic heterocycles. The molecule has 0 aliphatic heterocycles. The zero-order chi connectivity index (χ0) is 20.2. The molecule has 0 radical (unpaired) electrons. The van der Waals surface area contributed by atoms with Crippen LogP contribution in [0.1, 0.15) is 63.0 Å².